The Morgan fingerprint density at radius 3 is 2.56 bits per heavy atom. The monoisotopic (exact) mass is 755 g/mol. The third-order valence-corrected chi connectivity index (χ3v) is 8.84. The molecule has 0 aliphatic carbocycles. The number of halogens is 1. The van der Waals surface area contributed by atoms with Crippen LogP contribution < -0.4 is 31.2 Å². The van der Waals surface area contributed by atoms with Crippen LogP contribution >= 0.6 is 30.9 Å². The van der Waals surface area contributed by atoms with E-state index >= 15 is 0 Å². The van der Waals surface area contributed by atoms with Crippen LogP contribution in [-0.2, 0) is 32.5 Å². The summed E-state index contributed by atoms with van der Waals surface area (Å²) < 4.78 is 37.4. The normalized spacial score (nSPS) is 15.1. The maximum atomic E-state index is 14.5. The Morgan fingerprint density at radius 1 is 1.30 bits per heavy atom. The highest BCUT2D eigenvalue weighted by Gasteiger charge is 2.31. The fourth-order valence-electron chi connectivity index (χ4n) is 4.55. The number of thioether (sulfide) groups is 1. The smallest absolute Gasteiger partial charge is 0.339 e. The Balaban J connectivity index is 0.000000237. The number of anilines is 1. The standard InChI is InChI=1S/C18H17FN4O2S.C8H14N4OS.C3H8NO5P/c1-4-5-22-13-7-12(11(19)6-14(13)25-9-16(22)24)20-17-23-10-18(2,3)8-15(23)21-26-17;1-8(2,3)5-6(13)12(9)7(14-4)11-10-5;5-3(6)1-4-2-10(7,8)9/h1,6-7H,5,8-10H2,2-3H3;9H2,1-4H3;4H,1-2H2,(H,5,6)(H2,7,8,9)/b20-17-;;. The number of hydrogen-bond acceptors (Lipinski definition) is 13. The number of carboxylic acids is 1. The van der Waals surface area contributed by atoms with Crippen LogP contribution in [0.1, 0.15) is 46.1 Å². The molecule has 5 rings (SSSR count). The summed E-state index contributed by atoms with van der Waals surface area (Å²) in [6.45, 7) is 10.3. The van der Waals surface area contributed by atoms with E-state index in [1.54, 1.807) is 6.26 Å². The molecule has 1 amide bonds. The lowest BCUT2D eigenvalue weighted by Gasteiger charge is -2.28. The van der Waals surface area contributed by atoms with Crippen molar-refractivity contribution in [2.45, 2.75) is 58.2 Å². The molecule has 0 saturated heterocycles. The molecule has 0 radical (unpaired) electrons. The minimum absolute atomic E-state index is 0.0964. The zero-order valence-corrected chi connectivity index (χ0v) is 30.7. The number of rotatable bonds is 7. The summed E-state index contributed by atoms with van der Waals surface area (Å²) >= 11 is 2.53. The first kappa shape index (κ1) is 40.3. The summed E-state index contributed by atoms with van der Waals surface area (Å²) in [6.07, 6.45) is 7.41. The second-order valence-corrected chi connectivity index (χ2v) is 15.9. The highest BCUT2D eigenvalue weighted by atomic mass is 32.2. The molecular weight excluding hydrogens is 716 g/mol. The van der Waals surface area contributed by atoms with E-state index in [9.17, 15) is 23.3 Å². The molecule has 6 N–H and O–H groups in total. The average molecular weight is 756 g/mol. The summed E-state index contributed by atoms with van der Waals surface area (Å²) in [5.74, 6) is 7.35. The van der Waals surface area contributed by atoms with Crippen molar-refractivity contribution in [1.82, 2.24) is 29.1 Å². The zero-order valence-electron chi connectivity index (χ0n) is 28.2. The molecule has 4 heterocycles. The van der Waals surface area contributed by atoms with Crippen molar-refractivity contribution in [2.75, 3.05) is 43.0 Å². The van der Waals surface area contributed by atoms with E-state index in [4.69, 9.17) is 31.9 Å². The van der Waals surface area contributed by atoms with Crippen LogP contribution in [0.15, 0.2) is 27.1 Å². The summed E-state index contributed by atoms with van der Waals surface area (Å²) in [4.78, 5) is 56.4. The van der Waals surface area contributed by atoms with Crippen LogP contribution in [0, 0.1) is 23.6 Å². The van der Waals surface area contributed by atoms with Gasteiger partial charge in [0.15, 0.2) is 12.4 Å². The molecule has 21 heteroatoms. The molecule has 2 aliphatic heterocycles. The summed E-state index contributed by atoms with van der Waals surface area (Å²) in [6, 6.07) is 2.76. The number of terminal acetylenes is 1. The number of ether oxygens (including phenoxy) is 1. The van der Waals surface area contributed by atoms with Crippen LogP contribution in [0.4, 0.5) is 15.8 Å². The number of nitrogens with zero attached hydrogens (tertiary/aromatic N) is 7. The molecule has 17 nitrogen and oxygen atoms in total. The third kappa shape index (κ3) is 10.7. The second kappa shape index (κ2) is 16.3. The van der Waals surface area contributed by atoms with Crippen molar-refractivity contribution in [2.24, 2.45) is 10.4 Å². The Labute approximate surface area is 295 Å². The molecule has 50 heavy (non-hydrogen) atoms. The van der Waals surface area contributed by atoms with Gasteiger partial charge in [-0.05, 0) is 17.7 Å². The fraction of sp³-hybridized carbons (Fsp3) is 0.483. The van der Waals surface area contributed by atoms with Crippen molar-refractivity contribution in [3.05, 3.63) is 44.6 Å². The van der Waals surface area contributed by atoms with Crippen LogP contribution in [0.5, 0.6) is 5.75 Å². The molecule has 3 aromatic rings. The van der Waals surface area contributed by atoms with Gasteiger partial charge in [0.2, 0.25) is 9.96 Å². The molecule has 0 fully saturated rings. The maximum Gasteiger partial charge on any atom is 0.339 e. The molecule has 1 aromatic carbocycles. The number of carboxylic acid groups (broad SMARTS) is 1. The number of carbonyl (C=O) groups excluding carboxylic acids is 1. The Morgan fingerprint density at radius 2 is 1.98 bits per heavy atom. The van der Waals surface area contributed by atoms with Gasteiger partial charge in [0.05, 0.1) is 25.1 Å². The van der Waals surface area contributed by atoms with E-state index in [0.29, 0.717) is 27.1 Å². The van der Waals surface area contributed by atoms with Crippen LogP contribution in [-0.4, -0.2) is 82.8 Å². The number of aromatic nitrogens is 5. The molecule has 2 aliphatic rings. The van der Waals surface area contributed by atoms with Gasteiger partial charge in [-0.2, -0.15) is 9.05 Å². The van der Waals surface area contributed by atoms with Crippen molar-refractivity contribution in [3.63, 3.8) is 0 Å². The van der Waals surface area contributed by atoms with E-state index in [1.165, 1.54) is 40.3 Å². The number of nitrogens with two attached hydrogens (primary N) is 1. The van der Waals surface area contributed by atoms with Gasteiger partial charge in [-0.1, -0.05) is 52.3 Å². The number of fused-ring (bicyclic) bond motifs is 2. The largest absolute Gasteiger partial charge is 0.481 e. The van der Waals surface area contributed by atoms with Gasteiger partial charge in [-0.25, -0.2) is 9.38 Å². The topological polar surface area (TPSA) is 240 Å². The SMILES string of the molecule is C#CCN1C(=O)COc2cc(F)c(/N=c3\snc4n3CC(C)(C)C4)cc21.CSc1nnc(C(C)(C)C)c(=O)n1N.O=C(O)CNCP(=O)(O)O. The van der Waals surface area contributed by atoms with Crippen LogP contribution in [0.25, 0.3) is 0 Å². The number of amides is 1. The van der Waals surface area contributed by atoms with E-state index < -0.39 is 32.2 Å². The van der Waals surface area contributed by atoms with E-state index in [0.717, 1.165) is 23.5 Å². The molecule has 0 saturated carbocycles. The van der Waals surface area contributed by atoms with Gasteiger partial charge >= 0.3 is 13.6 Å². The van der Waals surface area contributed by atoms with Gasteiger partial charge < -0.3 is 30.0 Å². The number of nitrogens with one attached hydrogen (secondary N) is 1. The molecule has 2 aromatic heterocycles. The molecule has 0 bridgehead atoms. The number of nitrogen functional groups attached to an aromatic ring is 1. The van der Waals surface area contributed by atoms with Crippen molar-refractivity contribution in [1.29, 1.82) is 0 Å². The Bertz CT molecular complexity index is 1960. The predicted molar refractivity (Wildman–Crippen MR) is 185 cm³/mol. The van der Waals surface area contributed by atoms with Crippen LogP contribution in [0.3, 0.4) is 0 Å². The zero-order chi connectivity index (χ0) is 37.6. The van der Waals surface area contributed by atoms with Crippen molar-refractivity contribution < 1.29 is 38.2 Å². The average Bonchev–Trinajstić information content (AvgIpc) is 3.50. The van der Waals surface area contributed by atoms with Gasteiger partial charge in [-0.15, -0.1) is 16.6 Å². The van der Waals surface area contributed by atoms with Gasteiger partial charge in [-0.3, -0.25) is 29.2 Å². The lowest BCUT2D eigenvalue weighted by atomic mass is 9.92. The highest BCUT2D eigenvalue weighted by molar-refractivity contribution is 7.98. The van der Waals surface area contributed by atoms with E-state index in [-0.39, 0.29) is 41.1 Å². The number of benzene rings is 1. The minimum atomic E-state index is -4.10. The molecule has 272 valence electrons. The minimum Gasteiger partial charge on any atom is -0.481 e. The molecular formula is C29H39FN9O8PS2. The first-order valence-corrected chi connectivity index (χ1v) is 18.5. The predicted octanol–water partition coefficient (Wildman–Crippen LogP) is 1.42. The molecule has 0 spiro atoms. The van der Waals surface area contributed by atoms with Gasteiger partial charge in [0.1, 0.15) is 23.0 Å². The van der Waals surface area contributed by atoms with Gasteiger partial charge in [0.25, 0.3) is 11.5 Å². The molecule has 0 atom stereocenters. The first-order chi connectivity index (χ1) is 23.2. The summed E-state index contributed by atoms with van der Waals surface area (Å²) in [5, 5.41) is 18.2. The number of hydrogen-bond donors (Lipinski definition) is 5. The second-order valence-electron chi connectivity index (χ2n) is 12.8. The summed E-state index contributed by atoms with van der Waals surface area (Å²) in [5.41, 5.74) is 0.453. The fourth-order valence-corrected chi connectivity index (χ4v) is 6.11. The van der Waals surface area contributed by atoms with Crippen molar-refractivity contribution in [3.8, 4) is 18.1 Å². The Kier molecular flexibility index (Phi) is 13.1. The third-order valence-electron chi connectivity index (χ3n) is 6.78. The van der Waals surface area contributed by atoms with Crippen molar-refractivity contribution >= 4 is 54.1 Å². The lowest BCUT2D eigenvalue weighted by Crippen LogP contribution is -2.39. The van der Waals surface area contributed by atoms with E-state index in [2.05, 4.69) is 44.6 Å². The highest BCUT2D eigenvalue weighted by Crippen LogP contribution is 2.37. The van der Waals surface area contributed by atoms with Crippen LogP contribution in [0.2, 0.25) is 0 Å². The summed E-state index contributed by atoms with van der Waals surface area (Å²) in [7, 11) is -4.10. The first-order valence-electron chi connectivity index (χ1n) is 14.7. The number of aliphatic carboxylic acids is 1. The lowest BCUT2D eigenvalue weighted by molar-refractivity contribution is -0.135. The molecule has 0 unspecified atom stereocenters. The number of carbonyl (C=O) groups is 2. The van der Waals surface area contributed by atoms with Gasteiger partial charge in [0, 0.05) is 36.0 Å². The Hall–Kier alpha value is -4.12. The maximum absolute atomic E-state index is 14.5. The van der Waals surface area contributed by atoms with E-state index in [1.807, 2.05) is 25.3 Å². The quantitative estimate of drug-likeness (QED) is 0.0993.